The van der Waals surface area contributed by atoms with Crippen molar-refractivity contribution in [2.45, 2.75) is 37.1 Å². The fraction of sp³-hybridized carbons (Fsp3) is 0.240. The van der Waals surface area contributed by atoms with Crippen LogP contribution in [0.15, 0.2) is 48.7 Å². The molecule has 0 saturated heterocycles. The highest BCUT2D eigenvalue weighted by atomic mass is 19.4. The number of nitrogens with one attached hydrogen (secondary N) is 3. The number of benzene rings is 2. The van der Waals surface area contributed by atoms with E-state index in [0.29, 0.717) is 42.0 Å². The van der Waals surface area contributed by atoms with Gasteiger partial charge in [-0.05, 0) is 42.8 Å². The van der Waals surface area contributed by atoms with Crippen LogP contribution >= 0.6 is 0 Å². The fourth-order valence-corrected chi connectivity index (χ4v) is 4.71. The lowest BCUT2D eigenvalue weighted by molar-refractivity contribution is -0.139. The number of nitrogens with zero attached hydrogens (tertiary/aromatic N) is 1. The number of aromatic nitrogens is 1. The minimum atomic E-state index is -4.88. The molecule has 2 aliphatic heterocycles. The van der Waals surface area contributed by atoms with Crippen LogP contribution in [-0.2, 0) is 17.4 Å². The normalized spacial score (nSPS) is 21.1. The van der Waals surface area contributed by atoms with Crippen molar-refractivity contribution in [2.75, 3.05) is 10.6 Å². The molecule has 3 aromatic rings. The molecule has 1 aromatic heterocycles. The predicted octanol–water partition coefficient (Wildman–Crippen LogP) is 4.97. The average Bonchev–Trinajstić information content (AvgIpc) is 3.35. The maximum atomic E-state index is 14.2. The van der Waals surface area contributed by atoms with E-state index in [2.05, 4.69) is 20.9 Å². The molecule has 0 radical (unpaired) electrons. The molecule has 3 aliphatic rings. The second-order valence-electron chi connectivity index (χ2n) is 8.88. The van der Waals surface area contributed by atoms with E-state index in [1.54, 1.807) is 30.5 Å². The van der Waals surface area contributed by atoms with Crippen molar-refractivity contribution in [2.24, 2.45) is 0 Å². The number of hydrogen-bond donors (Lipinski definition) is 3. The van der Waals surface area contributed by atoms with Crippen molar-refractivity contribution in [1.82, 2.24) is 10.3 Å². The van der Waals surface area contributed by atoms with Crippen LogP contribution in [0.4, 0.5) is 33.9 Å². The number of hydrogen-bond acceptors (Lipinski definition) is 5. The van der Waals surface area contributed by atoms with E-state index in [0.717, 1.165) is 23.3 Å². The molecule has 0 spiro atoms. The van der Waals surface area contributed by atoms with Gasteiger partial charge < -0.3 is 25.4 Å². The van der Waals surface area contributed by atoms with Crippen molar-refractivity contribution < 1.29 is 36.6 Å². The Hall–Kier alpha value is -4.35. The summed E-state index contributed by atoms with van der Waals surface area (Å²) in [6, 6.07) is 8.37. The van der Waals surface area contributed by atoms with Gasteiger partial charge in [0, 0.05) is 23.7 Å². The summed E-state index contributed by atoms with van der Waals surface area (Å²) in [5.41, 5.74) is -0.446. The van der Waals surface area contributed by atoms with E-state index in [4.69, 9.17) is 9.47 Å². The van der Waals surface area contributed by atoms with Crippen LogP contribution in [0.3, 0.4) is 0 Å². The molecule has 3 heterocycles. The molecular weight excluding hydrogens is 496 g/mol. The van der Waals surface area contributed by atoms with Crippen LogP contribution < -0.4 is 25.4 Å². The smallest absolute Gasteiger partial charge is 0.419 e. The van der Waals surface area contributed by atoms with Crippen molar-refractivity contribution >= 4 is 23.4 Å². The zero-order valence-corrected chi connectivity index (χ0v) is 18.9. The summed E-state index contributed by atoms with van der Waals surface area (Å²) in [4.78, 5) is 28.2. The van der Waals surface area contributed by atoms with Gasteiger partial charge in [-0.3, -0.25) is 4.79 Å². The highest BCUT2D eigenvalue weighted by Crippen LogP contribution is 2.54. The molecule has 8 nitrogen and oxygen atoms in total. The fourth-order valence-electron chi connectivity index (χ4n) is 4.71. The van der Waals surface area contributed by atoms with Crippen LogP contribution in [0.5, 0.6) is 17.2 Å². The van der Waals surface area contributed by atoms with Gasteiger partial charge in [-0.25, -0.2) is 14.2 Å². The third-order valence-electron chi connectivity index (χ3n) is 6.51. The number of rotatable bonds is 4. The first-order valence-corrected chi connectivity index (χ1v) is 11.4. The molecule has 3 N–H and O–H groups in total. The Balaban J connectivity index is 1.14. The number of carbonyl (C=O) groups is 2. The Morgan fingerprint density at radius 2 is 2.00 bits per heavy atom. The van der Waals surface area contributed by atoms with Gasteiger partial charge in [-0.2, -0.15) is 13.2 Å². The molecule has 1 aliphatic carbocycles. The standard InChI is InChI=1S/C25H18F4N4O4/c26-20-14(25(27,28)29)2-1-3-15(20)31-24(35)33-21-19-13-10-11(4-6-16(13)37-22(19)21)36-17-8-9-30-23-12(17)5-7-18(34)32-23/h1-4,6,8-10,19,21-22H,5,7H2,(H,30,32,34)(H2,31,33,35)/t19-,21+,22-/m0/s1. The Bertz CT molecular complexity index is 1440. The number of amides is 3. The van der Waals surface area contributed by atoms with Crippen molar-refractivity contribution in [1.29, 1.82) is 0 Å². The predicted molar refractivity (Wildman–Crippen MR) is 122 cm³/mol. The zero-order valence-electron chi connectivity index (χ0n) is 18.9. The molecule has 12 heteroatoms. The van der Waals surface area contributed by atoms with Gasteiger partial charge in [0.05, 0.1) is 23.2 Å². The molecule has 0 bridgehead atoms. The molecule has 37 heavy (non-hydrogen) atoms. The van der Waals surface area contributed by atoms with E-state index in [-0.39, 0.29) is 17.9 Å². The molecule has 0 unspecified atom stereocenters. The van der Waals surface area contributed by atoms with Crippen LogP contribution in [0.25, 0.3) is 0 Å². The summed E-state index contributed by atoms with van der Waals surface area (Å²) in [6.07, 6.45) is -2.87. The maximum absolute atomic E-state index is 14.2. The number of alkyl halides is 3. The van der Waals surface area contributed by atoms with E-state index >= 15 is 0 Å². The van der Waals surface area contributed by atoms with Gasteiger partial charge in [0.1, 0.15) is 29.2 Å². The first-order chi connectivity index (χ1) is 17.7. The molecular formula is C25H18F4N4O4. The summed E-state index contributed by atoms with van der Waals surface area (Å²) in [6.45, 7) is 0. The molecule has 3 amide bonds. The van der Waals surface area contributed by atoms with E-state index in [1.807, 2.05) is 0 Å². The van der Waals surface area contributed by atoms with Gasteiger partial charge >= 0.3 is 12.2 Å². The lowest BCUT2D eigenvalue weighted by Gasteiger charge is -2.19. The van der Waals surface area contributed by atoms with Gasteiger partial charge in [-0.15, -0.1) is 0 Å². The second-order valence-corrected chi connectivity index (χ2v) is 8.88. The van der Waals surface area contributed by atoms with E-state index in [1.165, 1.54) is 0 Å². The van der Waals surface area contributed by atoms with Crippen LogP contribution in [0.1, 0.15) is 29.0 Å². The number of urea groups is 1. The molecule has 2 aromatic carbocycles. The summed E-state index contributed by atoms with van der Waals surface area (Å²) in [5.74, 6) is 0.332. The molecule has 3 atom stereocenters. The lowest BCUT2D eigenvalue weighted by Crippen LogP contribution is -2.34. The van der Waals surface area contributed by atoms with Crippen LogP contribution in [0, 0.1) is 5.82 Å². The third kappa shape index (κ3) is 4.17. The minimum absolute atomic E-state index is 0.107. The molecule has 1 saturated carbocycles. The zero-order chi connectivity index (χ0) is 25.9. The highest BCUT2D eigenvalue weighted by molar-refractivity contribution is 5.93. The largest absolute Gasteiger partial charge is 0.487 e. The number of ether oxygens (including phenoxy) is 2. The number of fused-ring (bicyclic) bond motifs is 4. The Morgan fingerprint density at radius 1 is 1.16 bits per heavy atom. The third-order valence-corrected chi connectivity index (χ3v) is 6.51. The highest BCUT2D eigenvalue weighted by Gasteiger charge is 2.59. The van der Waals surface area contributed by atoms with E-state index < -0.39 is 35.3 Å². The quantitative estimate of drug-likeness (QED) is 0.427. The topological polar surface area (TPSA) is 102 Å². The maximum Gasteiger partial charge on any atom is 0.419 e. The number of carbonyl (C=O) groups excluding carboxylic acids is 2. The summed E-state index contributed by atoms with van der Waals surface area (Å²) < 4.78 is 65.0. The van der Waals surface area contributed by atoms with Crippen molar-refractivity contribution in [3.63, 3.8) is 0 Å². The number of anilines is 2. The average molecular weight is 514 g/mol. The lowest BCUT2D eigenvalue weighted by atomic mass is 10.1. The van der Waals surface area contributed by atoms with Gasteiger partial charge in [0.25, 0.3) is 0 Å². The first kappa shape index (κ1) is 23.1. The second kappa shape index (κ2) is 8.36. The van der Waals surface area contributed by atoms with Crippen molar-refractivity contribution in [3.05, 3.63) is 71.2 Å². The Morgan fingerprint density at radius 3 is 2.81 bits per heavy atom. The van der Waals surface area contributed by atoms with Crippen molar-refractivity contribution in [3.8, 4) is 17.2 Å². The SMILES string of the molecule is O=C1CCc2c(Oc3ccc4c(c3)[C@H]3[C@@H](NC(=O)Nc5cccc(C(F)(F)F)c5F)[C@H]3O4)ccnc2N1. The summed E-state index contributed by atoms with van der Waals surface area (Å²) in [5, 5.41) is 7.50. The van der Waals surface area contributed by atoms with Crippen LogP contribution in [0.2, 0.25) is 0 Å². The summed E-state index contributed by atoms with van der Waals surface area (Å²) >= 11 is 0. The summed E-state index contributed by atoms with van der Waals surface area (Å²) in [7, 11) is 0. The molecule has 6 rings (SSSR count). The van der Waals surface area contributed by atoms with Gasteiger partial charge in [0.2, 0.25) is 5.91 Å². The Kier molecular flexibility index (Phi) is 5.21. The number of halogens is 4. The molecule has 1 fully saturated rings. The first-order valence-electron chi connectivity index (χ1n) is 11.4. The molecule has 190 valence electrons. The minimum Gasteiger partial charge on any atom is -0.487 e. The van der Waals surface area contributed by atoms with E-state index in [9.17, 15) is 27.2 Å². The van der Waals surface area contributed by atoms with Gasteiger partial charge in [0.15, 0.2) is 5.82 Å². The number of pyridine rings is 1. The monoisotopic (exact) mass is 514 g/mol. The Labute approximate surface area is 207 Å². The van der Waals surface area contributed by atoms with Gasteiger partial charge in [-0.1, -0.05) is 6.07 Å². The van der Waals surface area contributed by atoms with Crippen LogP contribution in [-0.4, -0.2) is 29.1 Å².